The Morgan fingerprint density at radius 2 is 2.05 bits per heavy atom. The van der Waals surface area contributed by atoms with Crippen molar-refractivity contribution in [1.29, 1.82) is 5.26 Å². The van der Waals surface area contributed by atoms with Crippen LogP contribution in [0.3, 0.4) is 0 Å². The summed E-state index contributed by atoms with van der Waals surface area (Å²) >= 11 is 0. The maximum absolute atomic E-state index is 13.7. The van der Waals surface area contributed by atoms with E-state index in [1.54, 1.807) is 18.4 Å². The zero-order valence-corrected chi connectivity index (χ0v) is 10.6. The van der Waals surface area contributed by atoms with Gasteiger partial charge in [0.05, 0.1) is 23.6 Å². The summed E-state index contributed by atoms with van der Waals surface area (Å²) in [6.07, 6.45) is 1.67. The Morgan fingerprint density at radius 1 is 1.20 bits per heavy atom. The first-order chi connectivity index (χ1) is 9.78. The molecule has 1 aromatic heterocycles. The number of furan rings is 1. The highest BCUT2D eigenvalue weighted by atomic mass is 19.1. The van der Waals surface area contributed by atoms with Crippen molar-refractivity contribution in [2.24, 2.45) is 0 Å². The molecule has 2 aromatic carbocycles. The highest BCUT2D eigenvalue weighted by Crippen LogP contribution is 2.22. The van der Waals surface area contributed by atoms with Crippen LogP contribution in [-0.2, 0) is 6.54 Å². The van der Waals surface area contributed by atoms with Crippen molar-refractivity contribution in [3.05, 3.63) is 65.7 Å². The number of rotatable bonds is 3. The molecular formula is C16H11FN2O. The second kappa shape index (κ2) is 5.06. The summed E-state index contributed by atoms with van der Waals surface area (Å²) in [6, 6.07) is 14.0. The van der Waals surface area contributed by atoms with Gasteiger partial charge in [-0.2, -0.15) is 5.26 Å². The lowest BCUT2D eigenvalue weighted by Crippen LogP contribution is -2.01. The molecule has 0 aliphatic heterocycles. The van der Waals surface area contributed by atoms with Crippen molar-refractivity contribution in [1.82, 2.24) is 0 Å². The van der Waals surface area contributed by atoms with E-state index < -0.39 is 5.82 Å². The van der Waals surface area contributed by atoms with Crippen LogP contribution in [0, 0.1) is 17.1 Å². The lowest BCUT2D eigenvalue weighted by Gasteiger charge is -2.06. The summed E-state index contributed by atoms with van der Waals surface area (Å²) < 4.78 is 19.2. The number of hydrogen-bond acceptors (Lipinski definition) is 3. The Labute approximate surface area is 115 Å². The number of nitrogens with one attached hydrogen (secondary N) is 1. The lowest BCUT2D eigenvalue weighted by molar-refractivity contribution is 0.610. The fraction of sp³-hybridized carbons (Fsp3) is 0.0625. The molecule has 0 aliphatic carbocycles. The number of halogens is 1. The van der Waals surface area contributed by atoms with Gasteiger partial charge in [0, 0.05) is 17.5 Å². The molecule has 0 unspecified atom stereocenters. The van der Waals surface area contributed by atoms with E-state index in [1.165, 1.54) is 6.07 Å². The molecule has 0 atom stereocenters. The van der Waals surface area contributed by atoms with Gasteiger partial charge in [0.25, 0.3) is 0 Å². The lowest BCUT2D eigenvalue weighted by atomic mass is 10.1. The molecule has 3 aromatic rings. The molecular weight excluding hydrogens is 255 g/mol. The third-order valence-corrected chi connectivity index (χ3v) is 3.13. The SMILES string of the molecule is N#Cc1ccc(NCc2coc3ccccc23)c(F)c1. The standard InChI is InChI=1S/C16H11FN2O/c17-14-7-11(8-18)5-6-15(14)19-9-12-10-20-16-4-2-1-3-13(12)16/h1-7,10,19H,9H2. The zero-order valence-electron chi connectivity index (χ0n) is 10.6. The minimum atomic E-state index is -0.433. The molecule has 1 heterocycles. The van der Waals surface area contributed by atoms with Crippen LogP contribution >= 0.6 is 0 Å². The molecule has 0 amide bonds. The van der Waals surface area contributed by atoms with E-state index in [2.05, 4.69) is 5.32 Å². The molecule has 0 saturated heterocycles. The summed E-state index contributed by atoms with van der Waals surface area (Å²) in [6.45, 7) is 0.458. The Morgan fingerprint density at radius 3 is 2.85 bits per heavy atom. The highest BCUT2D eigenvalue weighted by Gasteiger charge is 2.07. The Hall–Kier alpha value is -2.80. The highest BCUT2D eigenvalue weighted by molar-refractivity contribution is 5.81. The fourth-order valence-electron chi connectivity index (χ4n) is 2.09. The maximum atomic E-state index is 13.7. The van der Waals surface area contributed by atoms with Crippen molar-refractivity contribution in [2.45, 2.75) is 6.54 Å². The van der Waals surface area contributed by atoms with Crippen LogP contribution in [0.25, 0.3) is 11.0 Å². The van der Waals surface area contributed by atoms with E-state index in [0.29, 0.717) is 17.8 Å². The molecule has 20 heavy (non-hydrogen) atoms. The summed E-state index contributed by atoms with van der Waals surface area (Å²) in [5.41, 5.74) is 2.45. The van der Waals surface area contributed by atoms with Gasteiger partial charge in [0.1, 0.15) is 11.4 Å². The van der Waals surface area contributed by atoms with Crippen molar-refractivity contribution >= 4 is 16.7 Å². The predicted molar refractivity (Wildman–Crippen MR) is 74.7 cm³/mol. The number of benzene rings is 2. The first kappa shape index (κ1) is 12.2. The average Bonchev–Trinajstić information content (AvgIpc) is 2.89. The molecule has 0 aliphatic rings. The maximum Gasteiger partial charge on any atom is 0.147 e. The Bertz CT molecular complexity index is 802. The first-order valence-corrected chi connectivity index (χ1v) is 6.16. The summed E-state index contributed by atoms with van der Waals surface area (Å²) in [5.74, 6) is -0.433. The number of nitriles is 1. The molecule has 0 fully saturated rings. The van der Waals surface area contributed by atoms with Gasteiger partial charge in [0.2, 0.25) is 0 Å². The molecule has 3 rings (SSSR count). The second-order valence-electron chi connectivity index (χ2n) is 4.42. The van der Waals surface area contributed by atoms with E-state index in [4.69, 9.17) is 9.68 Å². The van der Waals surface area contributed by atoms with E-state index >= 15 is 0 Å². The van der Waals surface area contributed by atoms with Gasteiger partial charge in [-0.25, -0.2) is 4.39 Å². The molecule has 4 heteroatoms. The van der Waals surface area contributed by atoms with Crippen molar-refractivity contribution in [2.75, 3.05) is 5.32 Å². The van der Waals surface area contributed by atoms with Crippen LogP contribution in [-0.4, -0.2) is 0 Å². The van der Waals surface area contributed by atoms with E-state index in [9.17, 15) is 4.39 Å². The fourth-order valence-corrected chi connectivity index (χ4v) is 2.09. The molecule has 0 saturated carbocycles. The van der Waals surface area contributed by atoms with Crippen molar-refractivity contribution in [3.63, 3.8) is 0 Å². The van der Waals surface area contributed by atoms with Gasteiger partial charge in [-0.1, -0.05) is 18.2 Å². The second-order valence-corrected chi connectivity index (χ2v) is 4.42. The van der Waals surface area contributed by atoms with Gasteiger partial charge in [-0.05, 0) is 24.3 Å². The molecule has 0 bridgehead atoms. The third-order valence-electron chi connectivity index (χ3n) is 3.13. The van der Waals surface area contributed by atoms with E-state index in [1.807, 2.05) is 30.3 Å². The van der Waals surface area contributed by atoms with E-state index in [-0.39, 0.29) is 0 Å². The number of para-hydroxylation sites is 1. The van der Waals surface area contributed by atoms with Crippen molar-refractivity contribution < 1.29 is 8.81 Å². The van der Waals surface area contributed by atoms with Gasteiger partial charge < -0.3 is 9.73 Å². The third kappa shape index (κ3) is 2.21. The molecule has 1 N–H and O–H groups in total. The van der Waals surface area contributed by atoms with Crippen LogP contribution in [0.1, 0.15) is 11.1 Å². The topological polar surface area (TPSA) is 49.0 Å². The Kier molecular flexibility index (Phi) is 3.10. The smallest absolute Gasteiger partial charge is 0.147 e. The minimum Gasteiger partial charge on any atom is -0.464 e. The summed E-state index contributed by atoms with van der Waals surface area (Å²) in [7, 11) is 0. The summed E-state index contributed by atoms with van der Waals surface area (Å²) in [4.78, 5) is 0. The predicted octanol–water partition coefficient (Wildman–Crippen LogP) is 4.06. The first-order valence-electron chi connectivity index (χ1n) is 6.16. The average molecular weight is 266 g/mol. The molecule has 0 radical (unpaired) electrons. The minimum absolute atomic E-state index is 0.307. The largest absolute Gasteiger partial charge is 0.464 e. The van der Waals surface area contributed by atoms with E-state index in [0.717, 1.165) is 16.5 Å². The van der Waals surface area contributed by atoms with Crippen LogP contribution in [0.4, 0.5) is 10.1 Å². The van der Waals surface area contributed by atoms with Gasteiger partial charge in [-0.3, -0.25) is 0 Å². The van der Waals surface area contributed by atoms with Crippen LogP contribution in [0.5, 0.6) is 0 Å². The zero-order chi connectivity index (χ0) is 13.9. The molecule has 0 spiro atoms. The number of fused-ring (bicyclic) bond motifs is 1. The Balaban J connectivity index is 1.81. The monoisotopic (exact) mass is 266 g/mol. The summed E-state index contributed by atoms with van der Waals surface area (Å²) in [5, 5.41) is 12.7. The quantitative estimate of drug-likeness (QED) is 0.777. The molecule has 98 valence electrons. The van der Waals surface area contributed by atoms with Crippen LogP contribution < -0.4 is 5.32 Å². The van der Waals surface area contributed by atoms with Gasteiger partial charge in [0.15, 0.2) is 0 Å². The normalized spacial score (nSPS) is 10.4. The molecule has 3 nitrogen and oxygen atoms in total. The van der Waals surface area contributed by atoms with Gasteiger partial charge in [-0.15, -0.1) is 0 Å². The van der Waals surface area contributed by atoms with Crippen LogP contribution in [0.2, 0.25) is 0 Å². The van der Waals surface area contributed by atoms with Gasteiger partial charge >= 0.3 is 0 Å². The van der Waals surface area contributed by atoms with Crippen molar-refractivity contribution in [3.8, 4) is 6.07 Å². The van der Waals surface area contributed by atoms with Crippen LogP contribution in [0.15, 0.2) is 53.1 Å². The number of hydrogen-bond donors (Lipinski definition) is 1. The number of anilines is 1. The number of nitrogens with zero attached hydrogens (tertiary/aromatic N) is 1.